The summed E-state index contributed by atoms with van der Waals surface area (Å²) in [7, 11) is -3.64. The molecular formula is C19H18N2O5S. The van der Waals surface area contributed by atoms with E-state index in [1.165, 1.54) is 4.31 Å². The number of ether oxygens (including phenoxy) is 2. The summed E-state index contributed by atoms with van der Waals surface area (Å²) in [6.07, 6.45) is 0.835. The number of fused-ring (bicyclic) bond motifs is 3. The van der Waals surface area contributed by atoms with E-state index in [-0.39, 0.29) is 17.2 Å². The van der Waals surface area contributed by atoms with Crippen molar-refractivity contribution in [2.45, 2.75) is 24.3 Å². The Hall–Kier alpha value is -2.58. The summed E-state index contributed by atoms with van der Waals surface area (Å²) in [6.45, 7) is 1.73. The normalized spacial score (nSPS) is 18.6. The van der Waals surface area contributed by atoms with Crippen molar-refractivity contribution in [1.29, 1.82) is 0 Å². The first-order valence-electron chi connectivity index (χ1n) is 8.85. The van der Waals surface area contributed by atoms with Gasteiger partial charge < -0.3 is 14.8 Å². The number of rotatable bonds is 2. The van der Waals surface area contributed by atoms with Gasteiger partial charge in [-0.2, -0.15) is 4.31 Å². The molecule has 0 atom stereocenters. The summed E-state index contributed by atoms with van der Waals surface area (Å²) in [4.78, 5) is 11.7. The Morgan fingerprint density at radius 1 is 0.963 bits per heavy atom. The lowest BCUT2D eigenvalue weighted by molar-refractivity contribution is -0.115. The van der Waals surface area contributed by atoms with E-state index >= 15 is 0 Å². The number of sulfonamides is 1. The zero-order chi connectivity index (χ0) is 18.6. The predicted octanol–water partition coefficient (Wildman–Crippen LogP) is 1.70. The van der Waals surface area contributed by atoms with E-state index in [4.69, 9.17) is 9.47 Å². The van der Waals surface area contributed by atoms with Crippen molar-refractivity contribution in [3.8, 4) is 11.5 Å². The van der Waals surface area contributed by atoms with Gasteiger partial charge in [-0.15, -0.1) is 0 Å². The van der Waals surface area contributed by atoms with Crippen LogP contribution in [0, 0.1) is 0 Å². The van der Waals surface area contributed by atoms with Gasteiger partial charge in [0.2, 0.25) is 15.9 Å². The molecule has 3 heterocycles. The van der Waals surface area contributed by atoms with Crippen LogP contribution in [0.15, 0.2) is 35.2 Å². The van der Waals surface area contributed by atoms with E-state index in [1.54, 1.807) is 18.2 Å². The molecule has 0 unspecified atom stereocenters. The number of nitrogens with zero attached hydrogens (tertiary/aromatic N) is 1. The lowest BCUT2D eigenvalue weighted by atomic mass is 10.00. The standard InChI is InChI=1S/C19H18N2O5S/c22-19-10-13-7-15(1-2-16(13)20-19)27(23,24)21-4-3-12-8-17-18(9-14(12)11-21)26-6-5-25-17/h1-2,7-9H,3-6,10-11H2,(H,20,22). The molecule has 0 bridgehead atoms. The Labute approximate surface area is 156 Å². The third-order valence-electron chi connectivity index (χ3n) is 5.18. The number of amides is 1. The van der Waals surface area contributed by atoms with Crippen molar-refractivity contribution in [3.05, 3.63) is 47.0 Å². The Morgan fingerprint density at radius 2 is 1.70 bits per heavy atom. The fourth-order valence-electron chi connectivity index (χ4n) is 3.79. The van der Waals surface area contributed by atoms with Gasteiger partial charge in [0.1, 0.15) is 13.2 Å². The molecule has 3 aliphatic heterocycles. The second-order valence-electron chi connectivity index (χ2n) is 6.90. The van der Waals surface area contributed by atoms with Crippen LogP contribution in [0.1, 0.15) is 16.7 Å². The smallest absolute Gasteiger partial charge is 0.243 e. The third-order valence-corrected chi connectivity index (χ3v) is 7.02. The van der Waals surface area contributed by atoms with Crippen LogP contribution in [0.2, 0.25) is 0 Å². The lowest BCUT2D eigenvalue weighted by Gasteiger charge is -2.30. The number of anilines is 1. The van der Waals surface area contributed by atoms with Gasteiger partial charge in [-0.3, -0.25) is 4.79 Å². The Kier molecular flexibility index (Phi) is 3.66. The summed E-state index contributed by atoms with van der Waals surface area (Å²) in [5, 5.41) is 2.72. The summed E-state index contributed by atoms with van der Waals surface area (Å²) < 4.78 is 39.0. The van der Waals surface area contributed by atoms with Gasteiger partial charge in [-0.05, 0) is 53.4 Å². The van der Waals surface area contributed by atoms with Crippen molar-refractivity contribution in [3.63, 3.8) is 0 Å². The Balaban J connectivity index is 1.46. The maximum atomic E-state index is 13.1. The zero-order valence-corrected chi connectivity index (χ0v) is 15.3. The van der Waals surface area contributed by atoms with Gasteiger partial charge in [-0.1, -0.05) is 0 Å². The molecule has 0 aliphatic carbocycles. The SMILES string of the molecule is O=C1Cc2cc(S(=O)(=O)N3CCc4cc5c(cc4C3)OCCO5)ccc2N1. The van der Waals surface area contributed by atoms with Gasteiger partial charge in [0.05, 0.1) is 11.3 Å². The highest BCUT2D eigenvalue weighted by atomic mass is 32.2. The van der Waals surface area contributed by atoms with E-state index < -0.39 is 10.0 Å². The molecule has 27 heavy (non-hydrogen) atoms. The topological polar surface area (TPSA) is 84.9 Å². The predicted molar refractivity (Wildman–Crippen MR) is 97.5 cm³/mol. The monoisotopic (exact) mass is 386 g/mol. The molecule has 140 valence electrons. The summed E-state index contributed by atoms with van der Waals surface area (Å²) in [5.74, 6) is 1.28. The van der Waals surface area contributed by atoms with Crippen LogP contribution in [0.25, 0.3) is 0 Å². The van der Waals surface area contributed by atoms with Crippen LogP contribution in [0.5, 0.6) is 11.5 Å². The molecule has 0 radical (unpaired) electrons. The molecule has 1 amide bonds. The molecule has 0 saturated heterocycles. The first kappa shape index (κ1) is 16.6. The molecule has 8 heteroatoms. The van der Waals surface area contributed by atoms with E-state index in [9.17, 15) is 13.2 Å². The van der Waals surface area contributed by atoms with Gasteiger partial charge in [0.25, 0.3) is 0 Å². The minimum atomic E-state index is -3.64. The largest absolute Gasteiger partial charge is 0.486 e. The van der Waals surface area contributed by atoms with Gasteiger partial charge >= 0.3 is 0 Å². The fraction of sp³-hybridized carbons (Fsp3) is 0.316. The number of carbonyl (C=O) groups excluding carboxylic acids is 1. The maximum Gasteiger partial charge on any atom is 0.243 e. The van der Waals surface area contributed by atoms with Gasteiger partial charge in [0, 0.05) is 18.8 Å². The molecule has 2 aromatic carbocycles. The van der Waals surface area contributed by atoms with Crippen LogP contribution in [-0.2, 0) is 34.2 Å². The molecule has 5 rings (SSSR count). The van der Waals surface area contributed by atoms with Crippen molar-refractivity contribution >= 4 is 21.6 Å². The molecule has 7 nitrogen and oxygen atoms in total. The minimum absolute atomic E-state index is 0.113. The highest BCUT2D eigenvalue weighted by Crippen LogP contribution is 2.36. The highest BCUT2D eigenvalue weighted by Gasteiger charge is 2.31. The highest BCUT2D eigenvalue weighted by molar-refractivity contribution is 7.89. The Bertz CT molecular complexity index is 1060. The molecule has 1 N–H and O–H groups in total. The first-order chi connectivity index (χ1) is 13.0. The molecule has 0 saturated carbocycles. The second-order valence-corrected chi connectivity index (χ2v) is 8.84. The number of benzene rings is 2. The summed E-state index contributed by atoms with van der Waals surface area (Å²) in [6, 6.07) is 8.66. The lowest BCUT2D eigenvalue weighted by Crippen LogP contribution is -2.36. The number of hydrogen-bond donors (Lipinski definition) is 1. The summed E-state index contributed by atoms with van der Waals surface area (Å²) >= 11 is 0. The number of nitrogens with one attached hydrogen (secondary N) is 1. The molecule has 3 aliphatic rings. The Morgan fingerprint density at radius 3 is 2.48 bits per heavy atom. The molecular weight excluding hydrogens is 368 g/mol. The average molecular weight is 386 g/mol. The van der Waals surface area contributed by atoms with E-state index in [1.807, 2.05) is 12.1 Å². The van der Waals surface area contributed by atoms with E-state index in [0.717, 1.165) is 22.4 Å². The summed E-state index contributed by atoms with van der Waals surface area (Å²) in [5.41, 5.74) is 3.44. The van der Waals surface area contributed by atoms with Crippen LogP contribution < -0.4 is 14.8 Å². The van der Waals surface area contributed by atoms with Crippen molar-refractivity contribution in [1.82, 2.24) is 4.31 Å². The van der Waals surface area contributed by atoms with Crippen LogP contribution in [-0.4, -0.2) is 38.4 Å². The second kappa shape index (κ2) is 5.97. The van der Waals surface area contributed by atoms with E-state index in [2.05, 4.69) is 5.32 Å². The molecule has 2 aromatic rings. The van der Waals surface area contributed by atoms with E-state index in [0.29, 0.717) is 44.2 Å². The van der Waals surface area contributed by atoms with Crippen LogP contribution in [0.4, 0.5) is 5.69 Å². The quantitative estimate of drug-likeness (QED) is 0.849. The van der Waals surface area contributed by atoms with Gasteiger partial charge in [-0.25, -0.2) is 8.42 Å². The number of carbonyl (C=O) groups is 1. The maximum absolute atomic E-state index is 13.1. The first-order valence-corrected chi connectivity index (χ1v) is 10.3. The molecule has 0 spiro atoms. The third kappa shape index (κ3) is 2.76. The molecule has 0 aromatic heterocycles. The van der Waals surface area contributed by atoms with Crippen LogP contribution in [0.3, 0.4) is 0 Å². The number of hydrogen-bond acceptors (Lipinski definition) is 5. The fourth-order valence-corrected chi connectivity index (χ4v) is 5.26. The zero-order valence-electron chi connectivity index (χ0n) is 14.5. The van der Waals surface area contributed by atoms with Crippen molar-refractivity contribution in [2.75, 3.05) is 25.1 Å². The van der Waals surface area contributed by atoms with Crippen molar-refractivity contribution in [2.24, 2.45) is 0 Å². The molecule has 0 fully saturated rings. The van der Waals surface area contributed by atoms with Crippen LogP contribution >= 0.6 is 0 Å². The minimum Gasteiger partial charge on any atom is -0.486 e. The van der Waals surface area contributed by atoms with Gasteiger partial charge in [0.15, 0.2) is 11.5 Å². The average Bonchev–Trinajstić information content (AvgIpc) is 3.05. The van der Waals surface area contributed by atoms with Crippen molar-refractivity contribution < 1.29 is 22.7 Å².